The lowest BCUT2D eigenvalue weighted by molar-refractivity contribution is -0.386. The average Bonchev–Trinajstić information content (AvgIpc) is 2.44. The summed E-state index contributed by atoms with van der Waals surface area (Å²) in [5, 5.41) is 22.0. The van der Waals surface area contributed by atoms with Crippen molar-refractivity contribution < 1.29 is 28.0 Å². The van der Waals surface area contributed by atoms with Gasteiger partial charge in [0.15, 0.2) is 6.10 Å². The topological polar surface area (TPSA) is 114 Å². The van der Waals surface area contributed by atoms with Gasteiger partial charge >= 0.3 is 17.4 Å². The molecule has 0 aliphatic carbocycles. The maximum atomic E-state index is 12.6. The minimum atomic E-state index is -4.93. The van der Waals surface area contributed by atoms with Gasteiger partial charge in [-0.3, -0.25) is 19.7 Å². The molecule has 2 N–H and O–H groups in total. The summed E-state index contributed by atoms with van der Waals surface area (Å²) in [6.07, 6.45) is -6.60. The number of carbonyl (C=O) groups excluding carboxylic acids is 1. The minimum Gasteiger partial charge on any atom is -0.382 e. The number of aliphatic hydroxyl groups is 1. The van der Waals surface area contributed by atoms with Crippen LogP contribution in [0.15, 0.2) is 23.1 Å². The summed E-state index contributed by atoms with van der Waals surface area (Å²) in [6, 6.07) is 0.491. The van der Waals surface area contributed by atoms with Gasteiger partial charge < -0.3 is 15.0 Å². The first-order valence-corrected chi connectivity index (χ1v) is 6.83. The van der Waals surface area contributed by atoms with Crippen molar-refractivity contribution in [3.63, 3.8) is 0 Å². The van der Waals surface area contributed by atoms with Gasteiger partial charge in [-0.25, -0.2) is 0 Å². The lowest BCUT2D eigenvalue weighted by Gasteiger charge is -2.28. The summed E-state index contributed by atoms with van der Waals surface area (Å²) in [5.41, 5.74) is -1.82. The highest BCUT2D eigenvalue weighted by Crippen LogP contribution is 2.25. The van der Waals surface area contributed by atoms with Crippen molar-refractivity contribution in [3.8, 4) is 0 Å². The van der Waals surface area contributed by atoms with Gasteiger partial charge in [0.25, 0.3) is 0 Å². The van der Waals surface area contributed by atoms with E-state index in [1.54, 1.807) is 0 Å². The summed E-state index contributed by atoms with van der Waals surface area (Å²) >= 11 is 0. The van der Waals surface area contributed by atoms with E-state index in [1.807, 2.05) is 5.32 Å². The maximum absolute atomic E-state index is 12.6. The lowest BCUT2D eigenvalue weighted by Crippen LogP contribution is -2.53. The number of aliphatic hydroxyl groups excluding tert-OH is 1. The van der Waals surface area contributed by atoms with Crippen LogP contribution in [0.4, 0.5) is 18.9 Å². The summed E-state index contributed by atoms with van der Waals surface area (Å²) in [7, 11) is 0. The molecule has 0 aromatic carbocycles. The molecule has 1 amide bonds. The molecule has 0 fully saturated rings. The molecule has 1 heterocycles. The van der Waals surface area contributed by atoms with E-state index in [1.165, 1.54) is 13.8 Å². The number of halogens is 3. The first-order chi connectivity index (χ1) is 10.9. The second kappa shape index (κ2) is 7.43. The standard InChI is InChI=1S/C13H16F3N3O5/c1-7(2)10(11(21)13(14,15)16)17-9(20)6-18-5-3-4-8(12(18)22)19(23)24/h3-5,7,10-11,21H,6H2,1-2H3,(H,17,20). The van der Waals surface area contributed by atoms with Crippen LogP contribution >= 0.6 is 0 Å². The van der Waals surface area contributed by atoms with Crippen LogP contribution in [0.25, 0.3) is 0 Å². The van der Waals surface area contributed by atoms with Gasteiger partial charge in [-0.05, 0) is 12.0 Å². The molecule has 24 heavy (non-hydrogen) atoms. The van der Waals surface area contributed by atoms with Gasteiger partial charge in [-0.2, -0.15) is 13.2 Å². The quantitative estimate of drug-likeness (QED) is 0.582. The monoisotopic (exact) mass is 351 g/mol. The Morgan fingerprint density at radius 2 is 2.04 bits per heavy atom. The largest absolute Gasteiger partial charge is 0.416 e. The third kappa shape index (κ3) is 4.78. The Kier molecular flexibility index (Phi) is 6.07. The van der Waals surface area contributed by atoms with Crippen molar-refractivity contribution in [2.75, 3.05) is 0 Å². The summed E-state index contributed by atoms with van der Waals surface area (Å²) in [6.45, 7) is 2.03. The summed E-state index contributed by atoms with van der Waals surface area (Å²) in [5.74, 6) is -1.73. The number of carbonyl (C=O) groups is 1. The Hall–Kier alpha value is -2.43. The van der Waals surface area contributed by atoms with Crippen molar-refractivity contribution in [2.24, 2.45) is 5.92 Å². The summed E-state index contributed by atoms with van der Waals surface area (Å²) in [4.78, 5) is 33.4. The highest BCUT2D eigenvalue weighted by atomic mass is 19.4. The molecule has 0 saturated carbocycles. The molecule has 134 valence electrons. The number of nitrogens with zero attached hydrogens (tertiary/aromatic N) is 2. The molecular weight excluding hydrogens is 335 g/mol. The van der Waals surface area contributed by atoms with Crippen molar-refractivity contribution in [1.29, 1.82) is 0 Å². The normalized spacial score (nSPS) is 14.3. The number of rotatable bonds is 6. The average molecular weight is 351 g/mol. The molecule has 0 aliphatic rings. The third-order valence-corrected chi connectivity index (χ3v) is 3.23. The number of nitro groups is 1. The number of amides is 1. The van der Waals surface area contributed by atoms with E-state index in [0.717, 1.165) is 18.3 Å². The van der Waals surface area contributed by atoms with Crippen LogP contribution < -0.4 is 10.9 Å². The van der Waals surface area contributed by atoms with Gasteiger partial charge in [0.1, 0.15) is 6.54 Å². The fraction of sp³-hybridized carbons (Fsp3) is 0.538. The SMILES string of the molecule is CC(C)C(NC(=O)Cn1cccc([N+](=O)[O-])c1=O)C(O)C(F)(F)F. The number of hydrogen-bond acceptors (Lipinski definition) is 5. The van der Waals surface area contributed by atoms with Gasteiger partial charge in [0, 0.05) is 12.3 Å². The van der Waals surface area contributed by atoms with E-state index in [-0.39, 0.29) is 0 Å². The van der Waals surface area contributed by atoms with Crippen molar-refractivity contribution in [3.05, 3.63) is 38.8 Å². The Bertz CT molecular complexity index is 672. The van der Waals surface area contributed by atoms with E-state index < -0.39 is 52.9 Å². The van der Waals surface area contributed by atoms with E-state index in [4.69, 9.17) is 0 Å². The predicted molar refractivity (Wildman–Crippen MR) is 76.2 cm³/mol. The molecule has 0 saturated heterocycles. The summed E-state index contributed by atoms with van der Waals surface area (Å²) < 4.78 is 38.5. The first-order valence-electron chi connectivity index (χ1n) is 6.83. The number of nitrogens with one attached hydrogen (secondary N) is 1. The van der Waals surface area contributed by atoms with Crippen LogP contribution in [-0.4, -0.2) is 38.8 Å². The van der Waals surface area contributed by atoms with E-state index in [2.05, 4.69) is 0 Å². The van der Waals surface area contributed by atoms with Gasteiger partial charge in [-0.15, -0.1) is 0 Å². The molecular formula is C13H16F3N3O5. The van der Waals surface area contributed by atoms with Crippen LogP contribution in [0.3, 0.4) is 0 Å². The Morgan fingerprint density at radius 3 is 2.50 bits per heavy atom. The number of alkyl halides is 3. The zero-order valence-corrected chi connectivity index (χ0v) is 12.8. The fourth-order valence-corrected chi connectivity index (χ4v) is 1.99. The van der Waals surface area contributed by atoms with Gasteiger partial charge in [0.05, 0.1) is 11.0 Å². The van der Waals surface area contributed by atoms with Gasteiger partial charge in [0.2, 0.25) is 5.91 Å². The zero-order chi connectivity index (χ0) is 18.7. The number of aromatic nitrogens is 1. The second-order valence-corrected chi connectivity index (χ2v) is 5.41. The van der Waals surface area contributed by atoms with Crippen molar-refractivity contribution in [2.45, 2.75) is 38.7 Å². The second-order valence-electron chi connectivity index (χ2n) is 5.41. The van der Waals surface area contributed by atoms with Crippen LogP contribution in [0.2, 0.25) is 0 Å². The Morgan fingerprint density at radius 1 is 1.46 bits per heavy atom. The highest BCUT2D eigenvalue weighted by Gasteiger charge is 2.45. The first kappa shape index (κ1) is 19.6. The Balaban J connectivity index is 2.94. The molecule has 2 atom stereocenters. The molecule has 1 aromatic heterocycles. The van der Waals surface area contributed by atoms with Gasteiger partial charge in [-0.1, -0.05) is 13.8 Å². The molecule has 1 rings (SSSR count). The van der Waals surface area contributed by atoms with Crippen LogP contribution in [0.1, 0.15) is 13.8 Å². The third-order valence-electron chi connectivity index (χ3n) is 3.23. The van der Waals surface area contributed by atoms with E-state index in [0.29, 0.717) is 4.57 Å². The lowest BCUT2D eigenvalue weighted by atomic mass is 9.98. The van der Waals surface area contributed by atoms with Crippen LogP contribution in [0, 0.1) is 16.0 Å². The predicted octanol–water partition coefficient (Wildman–Crippen LogP) is 0.820. The van der Waals surface area contributed by atoms with E-state index >= 15 is 0 Å². The molecule has 2 unspecified atom stereocenters. The molecule has 11 heteroatoms. The fourth-order valence-electron chi connectivity index (χ4n) is 1.99. The molecule has 0 spiro atoms. The highest BCUT2D eigenvalue weighted by molar-refractivity contribution is 5.76. The molecule has 8 nitrogen and oxygen atoms in total. The number of pyridine rings is 1. The molecule has 0 radical (unpaired) electrons. The molecule has 0 aliphatic heterocycles. The van der Waals surface area contributed by atoms with Crippen molar-refractivity contribution in [1.82, 2.24) is 9.88 Å². The Labute approximate surface area is 134 Å². The zero-order valence-electron chi connectivity index (χ0n) is 12.8. The van der Waals surface area contributed by atoms with Crippen LogP contribution in [-0.2, 0) is 11.3 Å². The maximum Gasteiger partial charge on any atom is 0.416 e. The van der Waals surface area contributed by atoms with Crippen molar-refractivity contribution >= 4 is 11.6 Å². The van der Waals surface area contributed by atoms with E-state index in [9.17, 15) is 38.0 Å². The molecule has 1 aromatic rings. The minimum absolute atomic E-state index is 0.699. The smallest absolute Gasteiger partial charge is 0.382 e. The van der Waals surface area contributed by atoms with Crippen LogP contribution in [0.5, 0.6) is 0 Å². The number of hydrogen-bond donors (Lipinski definition) is 2. The molecule has 0 bridgehead atoms.